The highest BCUT2D eigenvalue weighted by atomic mass is 19.4. The van der Waals surface area contributed by atoms with Gasteiger partial charge in [-0.15, -0.1) is 0 Å². The van der Waals surface area contributed by atoms with Gasteiger partial charge in [0.25, 0.3) is 5.91 Å². The number of hydrogen-bond acceptors (Lipinski definition) is 4. The van der Waals surface area contributed by atoms with Crippen molar-refractivity contribution in [2.45, 2.75) is 32.2 Å². The second-order valence-electron chi connectivity index (χ2n) is 5.92. The van der Waals surface area contributed by atoms with E-state index in [0.29, 0.717) is 12.1 Å². The molecular formula is C19H18F3NO4. The Labute approximate surface area is 153 Å². The Bertz CT molecular complexity index is 821. The van der Waals surface area contributed by atoms with Gasteiger partial charge in [-0.25, -0.2) is 4.79 Å². The number of benzene rings is 2. The minimum atomic E-state index is -4.81. The maximum Gasteiger partial charge on any atom is 0.417 e. The molecule has 2 rings (SSSR count). The van der Waals surface area contributed by atoms with Crippen molar-refractivity contribution < 1.29 is 32.6 Å². The number of nitrogens with one attached hydrogen (secondary N) is 1. The normalized spacial score (nSPS) is 13.5. The molecule has 0 fully saturated rings. The predicted molar refractivity (Wildman–Crippen MR) is 91.0 cm³/mol. The van der Waals surface area contributed by atoms with Crippen LogP contribution in [0.2, 0.25) is 0 Å². The van der Waals surface area contributed by atoms with Crippen molar-refractivity contribution in [3.8, 4) is 5.75 Å². The van der Waals surface area contributed by atoms with E-state index in [1.165, 1.54) is 6.92 Å². The summed E-state index contributed by atoms with van der Waals surface area (Å²) in [7, 11) is 0. The molecule has 0 spiro atoms. The summed E-state index contributed by atoms with van der Waals surface area (Å²) in [6.45, 7) is 2.97. The van der Waals surface area contributed by atoms with E-state index < -0.39 is 41.0 Å². The topological polar surface area (TPSA) is 75.6 Å². The van der Waals surface area contributed by atoms with Gasteiger partial charge in [0.2, 0.25) is 0 Å². The molecule has 0 radical (unpaired) electrons. The molecule has 0 aliphatic rings. The summed E-state index contributed by atoms with van der Waals surface area (Å²) >= 11 is 0. The number of carbonyl (C=O) groups is 2. The predicted octanol–water partition coefficient (Wildman–Crippen LogP) is 3.83. The summed E-state index contributed by atoms with van der Waals surface area (Å²) in [5.74, 6) is -2.54. The first-order valence-corrected chi connectivity index (χ1v) is 8.06. The standard InChI is InChI=1S/C19H18F3NO4/c1-11(13-6-4-3-5-7-13)23-17(25)12(2)27-18(26)15-10-14(24)8-9-16(15)19(20,21)22/h3-12,24H,1-2H3,(H,23,25)/t11-,12-/m1/s1. The summed E-state index contributed by atoms with van der Waals surface area (Å²) in [6, 6.07) is 10.7. The lowest BCUT2D eigenvalue weighted by atomic mass is 10.1. The molecule has 144 valence electrons. The molecule has 8 heteroatoms. The molecule has 2 aromatic rings. The van der Waals surface area contributed by atoms with Crippen LogP contribution in [0.15, 0.2) is 48.5 Å². The van der Waals surface area contributed by atoms with Crippen LogP contribution in [0.5, 0.6) is 5.75 Å². The molecule has 0 saturated heterocycles. The van der Waals surface area contributed by atoms with E-state index in [4.69, 9.17) is 4.74 Å². The smallest absolute Gasteiger partial charge is 0.417 e. The number of amides is 1. The summed E-state index contributed by atoms with van der Waals surface area (Å²) in [6.07, 6.45) is -6.14. The van der Waals surface area contributed by atoms with E-state index in [1.54, 1.807) is 31.2 Å². The number of halogens is 3. The first-order chi connectivity index (χ1) is 12.6. The van der Waals surface area contributed by atoms with E-state index in [1.807, 2.05) is 6.07 Å². The molecule has 0 saturated carbocycles. The van der Waals surface area contributed by atoms with E-state index in [0.717, 1.165) is 11.6 Å². The molecule has 1 amide bonds. The van der Waals surface area contributed by atoms with Crippen LogP contribution in [-0.4, -0.2) is 23.1 Å². The highest BCUT2D eigenvalue weighted by molar-refractivity contribution is 5.94. The van der Waals surface area contributed by atoms with Gasteiger partial charge < -0.3 is 15.2 Å². The molecule has 0 unspecified atom stereocenters. The van der Waals surface area contributed by atoms with Crippen LogP contribution in [0, 0.1) is 0 Å². The lowest BCUT2D eigenvalue weighted by molar-refractivity contribution is -0.138. The van der Waals surface area contributed by atoms with Crippen molar-refractivity contribution in [1.82, 2.24) is 5.32 Å². The van der Waals surface area contributed by atoms with Crippen LogP contribution in [0.3, 0.4) is 0 Å². The Morgan fingerprint density at radius 1 is 1.07 bits per heavy atom. The van der Waals surface area contributed by atoms with Gasteiger partial charge >= 0.3 is 12.1 Å². The maximum absolute atomic E-state index is 13.0. The van der Waals surface area contributed by atoms with Crippen LogP contribution in [-0.2, 0) is 15.7 Å². The van der Waals surface area contributed by atoms with Crippen LogP contribution >= 0.6 is 0 Å². The summed E-state index contributed by atoms with van der Waals surface area (Å²) in [5.41, 5.74) is -1.30. The lowest BCUT2D eigenvalue weighted by Gasteiger charge is -2.19. The molecule has 0 aromatic heterocycles. The van der Waals surface area contributed by atoms with Gasteiger partial charge in [0.15, 0.2) is 6.10 Å². The average molecular weight is 381 g/mol. The molecule has 0 heterocycles. The fourth-order valence-electron chi connectivity index (χ4n) is 2.38. The van der Waals surface area contributed by atoms with Gasteiger partial charge in [-0.1, -0.05) is 30.3 Å². The van der Waals surface area contributed by atoms with Crippen molar-refractivity contribution in [2.75, 3.05) is 0 Å². The first kappa shape index (κ1) is 20.3. The molecule has 2 N–H and O–H groups in total. The van der Waals surface area contributed by atoms with Crippen LogP contribution < -0.4 is 5.32 Å². The molecule has 0 bridgehead atoms. The Hall–Kier alpha value is -3.03. The number of carbonyl (C=O) groups excluding carboxylic acids is 2. The first-order valence-electron chi connectivity index (χ1n) is 8.06. The molecule has 5 nitrogen and oxygen atoms in total. The Morgan fingerprint density at radius 2 is 1.70 bits per heavy atom. The van der Waals surface area contributed by atoms with Gasteiger partial charge in [-0.3, -0.25) is 4.79 Å². The Morgan fingerprint density at radius 3 is 2.30 bits per heavy atom. The maximum atomic E-state index is 13.0. The number of aromatic hydroxyl groups is 1. The second-order valence-corrected chi connectivity index (χ2v) is 5.92. The fourth-order valence-corrected chi connectivity index (χ4v) is 2.38. The monoisotopic (exact) mass is 381 g/mol. The third-order valence-electron chi connectivity index (χ3n) is 3.84. The highest BCUT2D eigenvalue weighted by Gasteiger charge is 2.36. The van der Waals surface area contributed by atoms with E-state index in [9.17, 15) is 27.9 Å². The van der Waals surface area contributed by atoms with E-state index in [-0.39, 0.29) is 6.04 Å². The van der Waals surface area contributed by atoms with Gasteiger partial charge in [0.05, 0.1) is 17.2 Å². The third-order valence-corrected chi connectivity index (χ3v) is 3.84. The summed E-state index contributed by atoms with van der Waals surface area (Å²) in [4.78, 5) is 24.3. The number of ether oxygens (including phenoxy) is 1. The van der Waals surface area contributed by atoms with Crippen molar-refractivity contribution in [3.05, 3.63) is 65.2 Å². The van der Waals surface area contributed by atoms with Crippen molar-refractivity contribution in [2.24, 2.45) is 0 Å². The van der Waals surface area contributed by atoms with Crippen LogP contribution in [0.1, 0.15) is 41.4 Å². The highest BCUT2D eigenvalue weighted by Crippen LogP contribution is 2.34. The largest absolute Gasteiger partial charge is 0.508 e. The van der Waals surface area contributed by atoms with E-state index >= 15 is 0 Å². The zero-order valence-electron chi connectivity index (χ0n) is 14.6. The van der Waals surface area contributed by atoms with Gasteiger partial charge in [0, 0.05) is 0 Å². The van der Waals surface area contributed by atoms with Crippen molar-refractivity contribution in [1.29, 1.82) is 0 Å². The van der Waals surface area contributed by atoms with Crippen molar-refractivity contribution in [3.63, 3.8) is 0 Å². The summed E-state index contributed by atoms with van der Waals surface area (Å²) in [5, 5.41) is 12.0. The second kappa shape index (κ2) is 8.11. The number of alkyl halides is 3. The molecule has 0 aliphatic carbocycles. The number of phenols is 1. The van der Waals surface area contributed by atoms with Gasteiger partial charge in [0.1, 0.15) is 5.75 Å². The molecular weight excluding hydrogens is 363 g/mol. The van der Waals surface area contributed by atoms with Crippen LogP contribution in [0.4, 0.5) is 13.2 Å². The van der Waals surface area contributed by atoms with Gasteiger partial charge in [-0.05, 0) is 37.6 Å². The fraction of sp³-hybridized carbons (Fsp3) is 0.263. The molecule has 2 aromatic carbocycles. The third kappa shape index (κ3) is 5.22. The molecule has 27 heavy (non-hydrogen) atoms. The van der Waals surface area contributed by atoms with Crippen LogP contribution in [0.25, 0.3) is 0 Å². The number of esters is 1. The number of phenolic OH excluding ortho intramolecular Hbond substituents is 1. The zero-order chi connectivity index (χ0) is 20.2. The minimum absolute atomic E-state index is 0.383. The zero-order valence-corrected chi connectivity index (χ0v) is 14.6. The summed E-state index contributed by atoms with van der Waals surface area (Å²) < 4.78 is 43.9. The quantitative estimate of drug-likeness (QED) is 0.772. The van der Waals surface area contributed by atoms with E-state index in [2.05, 4.69) is 5.32 Å². The lowest BCUT2D eigenvalue weighted by Crippen LogP contribution is -2.37. The number of rotatable bonds is 5. The number of hydrogen-bond donors (Lipinski definition) is 2. The molecule has 0 aliphatic heterocycles. The van der Waals surface area contributed by atoms with Gasteiger partial charge in [-0.2, -0.15) is 13.2 Å². The Balaban J connectivity index is 2.09. The SMILES string of the molecule is C[C@@H](OC(=O)c1cc(O)ccc1C(F)(F)F)C(=O)N[C@H](C)c1ccccc1. The Kier molecular flexibility index (Phi) is 6.09. The molecule has 2 atom stereocenters. The average Bonchev–Trinajstić information content (AvgIpc) is 2.61. The minimum Gasteiger partial charge on any atom is -0.508 e. The van der Waals surface area contributed by atoms with Crippen molar-refractivity contribution >= 4 is 11.9 Å².